The Morgan fingerprint density at radius 1 is 1.10 bits per heavy atom. The summed E-state index contributed by atoms with van der Waals surface area (Å²) in [7, 11) is 1.80. The predicted octanol–water partition coefficient (Wildman–Crippen LogP) is 1.35. The third kappa shape index (κ3) is 7.64. The summed E-state index contributed by atoms with van der Waals surface area (Å²) in [6.07, 6.45) is 7.26. The van der Waals surface area contributed by atoms with Gasteiger partial charge in [0.25, 0.3) is 0 Å². The molecule has 0 unspecified atom stereocenters. The van der Waals surface area contributed by atoms with Crippen LogP contribution >= 0.6 is 0 Å². The van der Waals surface area contributed by atoms with Crippen LogP contribution in [0, 0.1) is 0 Å². The van der Waals surface area contributed by atoms with E-state index in [1.807, 2.05) is 18.2 Å². The number of nitrogens with one attached hydrogen (secondary N) is 2. The Morgan fingerprint density at radius 2 is 1.87 bits per heavy atom. The van der Waals surface area contributed by atoms with E-state index < -0.39 is 0 Å². The molecule has 0 spiro atoms. The highest BCUT2D eigenvalue weighted by molar-refractivity contribution is 5.79. The molecule has 0 saturated carbocycles. The summed E-state index contributed by atoms with van der Waals surface area (Å²) in [6.45, 7) is 8.04. The molecule has 2 aromatic heterocycles. The van der Waals surface area contributed by atoms with Gasteiger partial charge in [0.1, 0.15) is 12.4 Å². The molecule has 0 aliphatic carbocycles. The van der Waals surface area contributed by atoms with Crippen molar-refractivity contribution in [3.8, 4) is 0 Å². The molecule has 0 aromatic carbocycles. The van der Waals surface area contributed by atoms with Crippen molar-refractivity contribution in [1.82, 2.24) is 25.5 Å². The Bertz CT molecular complexity index is 716. The summed E-state index contributed by atoms with van der Waals surface area (Å²) in [5.41, 5.74) is 0. The van der Waals surface area contributed by atoms with Gasteiger partial charge < -0.3 is 24.7 Å². The number of furan rings is 1. The lowest BCUT2D eigenvalue weighted by Gasteiger charge is -2.34. The average Bonchev–Trinajstić information content (AvgIpc) is 3.32. The molecule has 1 aliphatic rings. The number of guanidine groups is 1. The summed E-state index contributed by atoms with van der Waals surface area (Å²) < 4.78 is 10.8. The Hall–Kier alpha value is -2.65. The van der Waals surface area contributed by atoms with Crippen LogP contribution in [-0.2, 0) is 11.3 Å². The fourth-order valence-electron chi connectivity index (χ4n) is 3.30. The number of ether oxygens (including phenoxy) is 1. The lowest BCUT2D eigenvalue weighted by molar-refractivity contribution is 0.105. The van der Waals surface area contributed by atoms with Gasteiger partial charge in [-0.1, -0.05) is 0 Å². The van der Waals surface area contributed by atoms with Crippen LogP contribution in [-0.4, -0.2) is 80.3 Å². The van der Waals surface area contributed by atoms with Gasteiger partial charge >= 0.3 is 0 Å². The minimum Gasteiger partial charge on any atom is -0.467 e. The van der Waals surface area contributed by atoms with Crippen molar-refractivity contribution >= 4 is 11.9 Å². The molecular weight excluding hydrogens is 382 g/mol. The number of piperazine rings is 1. The first-order valence-corrected chi connectivity index (χ1v) is 10.6. The van der Waals surface area contributed by atoms with Crippen LogP contribution in [0.5, 0.6) is 0 Å². The molecule has 164 valence electrons. The molecule has 9 nitrogen and oxygen atoms in total. The van der Waals surface area contributed by atoms with E-state index in [0.29, 0.717) is 13.2 Å². The second kappa shape index (κ2) is 12.8. The van der Waals surface area contributed by atoms with Crippen LogP contribution in [0.3, 0.4) is 0 Å². The molecule has 0 radical (unpaired) electrons. The third-order valence-electron chi connectivity index (χ3n) is 4.96. The third-order valence-corrected chi connectivity index (χ3v) is 4.96. The molecule has 0 atom stereocenters. The first-order valence-electron chi connectivity index (χ1n) is 10.6. The largest absolute Gasteiger partial charge is 0.467 e. The second-order valence-corrected chi connectivity index (χ2v) is 7.14. The number of rotatable bonds is 11. The van der Waals surface area contributed by atoms with Gasteiger partial charge in [-0.05, 0) is 37.6 Å². The molecule has 3 heterocycles. The topological polar surface area (TPSA) is 91.1 Å². The molecule has 1 saturated heterocycles. The first kappa shape index (κ1) is 22.0. The molecule has 1 fully saturated rings. The van der Waals surface area contributed by atoms with Crippen molar-refractivity contribution in [2.75, 3.05) is 64.4 Å². The van der Waals surface area contributed by atoms with Crippen molar-refractivity contribution in [1.29, 1.82) is 0 Å². The smallest absolute Gasteiger partial charge is 0.225 e. The molecule has 3 rings (SSSR count). The highest BCUT2D eigenvalue weighted by Gasteiger charge is 2.18. The van der Waals surface area contributed by atoms with Gasteiger partial charge in [0.15, 0.2) is 5.96 Å². The summed E-state index contributed by atoms with van der Waals surface area (Å²) >= 11 is 0. The minimum absolute atomic E-state index is 0.520. The molecule has 1 aliphatic heterocycles. The Balaban J connectivity index is 1.19. The van der Waals surface area contributed by atoms with E-state index in [0.717, 1.165) is 76.3 Å². The Morgan fingerprint density at radius 3 is 2.57 bits per heavy atom. The van der Waals surface area contributed by atoms with Crippen molar-refractivity contribution in [3.05, 3.63) is 42.6 Å². The predicted molar refractivity (Wildman–Crippen MR) is 118 cm³/mol. The molecule has 30 heavy (non-hydrogen) atoms. The zero-order valence-corrected chi connectivity index (χ0v) is 17.8. The van der Waals surface area contributed by atoms with Crippen molar-refractivity contribution < 1.29 is 9.15 Å². The summed E-state index contributed by atoms with van der Waals surface area (Å²) in [6, 6.07) is 5.64. The summed E-state index contributed by atoms with van der Waals surface area (Å²) in [5, 5.41) is 6.71. The highest BCUT2D eigenvalue weighted by Crippen LogP contribution is 2.09. The van der Waals surface area contributed by atoms with Crippen LogP contribution in [0.4, 0.5) is 5.95 Å². The average molecular weight is 416 g/mol. The van der Waals surface area contributed by atoms with E-state index in [9.17, 15) is 0 Å². The maximum Gasteiger partial charge on any atom is 0.225 e. The molecule has 0 bridgehead atoms. The van der Waals surface area contributed by atoms with E-state index in [-0.39, 0.29) is 0 Å². The van der Waals surface area contributed by atoms with Crippen LogP contribution < -0.4 is 15.5 Å². The van der Waals surface area contributed by atoms with E-state index in [4.69, 9.17) is 9.15 Å². The lowest BCUT2D eigenvalue weighted by atomic mass is 10.3. The summed E-state index contributed by atoms with van der Waals surface area (Å²) in [5.74, 6) is 2.53. The van der Waals surface area contributed by atoms with Crippen molar-refractivity contribution in [3.63, 3.8) is 0 Å². The van der Waals surface area contributed by atoms with Crippen LogP contribution in [0.15, 0.2) is 46.3 Å². The molecule has 2 aromatic rings. The molecule has 9 heteroatoms. The first-order chi connectivity index (χ1) is 14.8. The molecular formula is C21H33N7O2. The van der Waals surface area contributed by atoms with Gasteiger partial charge in [0, 0.05) is 65.3 Å². The number of anilines is 1. The van der Waals surface area contributed by atoms with Crippen molar-refractivity contribution in [2.24, 2.45) is 4.99 Å². The van der Waals surface area contributed by atoms with Gasteiger partial charge in [-0.25, -0.2) is 9.97 Å². The van der Waals surface area contributed by atoms with E-state index in [1.165, 1.54) is 0 Å². The normalized spacial score (nSPS) is 15.4. The lowest BCUT2D eigenvalue weighted by Crippen LogP contribution is -2.47. The van der Waals surface area contributed by atoms with Gasteiger partial charge in [0.05, 0.1) is 6.26 Å². The van der Waals surface area contributed by atoms with E-state index in [1.54, 1.807) is 25.7 Å². The van der Waals surface area contributed by atoms with Crippen molar-refractivity contribution in [2.45, 2.75) is 19.4 Å². The fourth-order valence-corrected chi connectivity index (χ4v) is 3.30. The SMILES string of the molecule is CN=C(NCCCOCc1ccco1)NCCCN1CCN(c2ncccn2)CC1. The van der Waals surface area contributed by atoms with Crippen LogP contribution in [0.2, 0.25) is 0 Å². The van der Waals surface area contributed by atoms with Gasteiger partial charge in [0.2, 0.25) is 5.95 Å². The van der Waals surface area contributed by atoms with Gasteiger partial charge in [-0.2, -0.15) is 0 Å². The Labute approximate surface area is 178 Å². The van der Waals surface area contributed by atoms with Crippen LogP contribution in [0.1, 0.15) is 18.6 Å². The van der Waals surface area contributed by atoms with Gasteiger partial charge in [-0.3, -0.25) is 9.89 Å². The maximum absolute atomic E-state index is 5.58. The van der Waals surface area contributed by atoms with E-state index >= 15 is 0 Å². The number of aliphatic imine (C=N–C) groups is 1. The van der Waals surface area contributed by atoms with Gasteiger partial charge in [-0.15, -0.1) is 0 Å². The summed E-state index contributed by atoms with van der Waals surface area (Å²) in [4.78, 5) is 17.7. The highest BCUT2D eigenvalue weighted by atomic mass is 16.5. The Kier molecular flexibility index (Phi) is 9.42. The van der Waals surface area contributed by atoms with E-state index in [2.05, 4.69) is 35.4 Å². The number of hydrogen-bond acceptors (Lipinski definition) is 7. The second-order valence-electron chi connectivity index (χ2n) is 7.14. The monoisotopic (exact) mass is 415 g/mol. The number of aromatic nitrogens is 2. The maximum atomic E-state index is 5.58. The fraction of sp³-hybridized carbons (Fsp3) is 0.571. The minimum atomic E-state index is 0.520. The standard InChI is InChI=1S/C21H33N7O2/c1-22-20(24-10-5-16-29-18-19-6-2-17-30-19)23-9-4-11-27-12-14-28(15-13-27)21-25-7-3-8-26-21/h2-3,6-8,17H,4-5,9-16,18H2,1H3,(H2,22,23,24). The number of nitrogens with zero attached hydrogens (tertiary/aromatic N) is 5. The molecule has 2 N–H and O–H groups in total. The van der Waals surface area contributed by atoms with Crippen LogP contribution in [0.25, 0.3) is 0 Å². The molecule has 0 amide bonds. The zero-order chi connectivity index (χ0) is 20.9. The zero-order valence-electron chi connectivity index (χ0n) is 17.8. The number of hydrogen-bond donors (Lipinski definition) is 2. The quantitative estimate of drug-likeness (QED) is 0.323.